The van der Waals surface area contributed by atoms with Gasteiger partial charge in [0.2, 0.25) is 0 Å². The van der Waals surface area contributed by atoms with Crippen LogP contribution >= 0.6 is 27.3 Å². The lowest BCUT2D eigenvalue weighted by atomic mass is 9.79. The van der Waals surface area contributed by atoms with Crippen molar-refractivity contribution in [2.75, 3.05) is 0 Å². The summed E-state index contributed by atoms with van der Waals surface area (Å²) in [6, 6.07) is 2.60. The molecule has 1 aromatic heterocycles. The van der Waals surface area contributed by atoms with Crippen LogP contribution in [0.5, 0.6) is 0 Å². The number of nitrogens with one attached hydrogen (secondary N) is 1. The van der Waals surface area contributed by atoms with Crippen LogP contribution in [-0.2, 0) is 6.42 Å². The Balaban J connectivity index is 2.05. The molecule has 0 amide bonds. The molecule has 1 aromatic rings. The highest BCUT2D eigenvalue weighted by Gasteiger charge is 2.36. The van der Waals surface area contributed by atoms with Crippen LogP contribution in [0.15, 0.2) is 15.9 Å². The average molecular weight is 303 g/mol. The molecule has 4 heteroatoms. The van der Waals surface area contributed by atoms with E-state index in [0.717, 1.165) is 6.42 Å². The lowest BCUT2D eigenvalue weighted by Gasteiger charge is -2.33. The maximum absolute atomic E-state index is 5.74. The molecule has 3 N–H and O–H groups in total. The first kappa shape index (κ1) is 12.6. The smallest absolute Gasteiger partial charge is 0.0312 e. The van der Waals surface area contributed by atoms with Gasteiger partial charge in [0.05, 0.1) is 0 Å². The Morgan fingerprint density at radius 3 is 2.75 bits per heavy atom. The molecule has 1 aliphatic rings. The topological polar surface area (TPSA) is 38.0 Å². The third-order valence-corrected chi connectivity index (χ3v) is 5.54. The minimum absolute atomic E-state index is 0.380. The summed E-state index contributed by atoms with van der Waals surface area (Å²) in [4.78, 5) is 1.41. The van der Waals surface area contributed by atoms with E-state index in [4.69, 9.17) is 5.84 Å². The standard InChI is InChI=1S/C12H19BrN2S/c1-12(4-2-3-5-12)11(15-14)7-10-6-9(13)8-16-10/h6,8,11,15H,2-5,7,14H2,1H3. The molecule has 1 aliphatic carbocycles. The van der Waals surface area contributed by atoms with Gasteiger partial charge in [0.1, 0.15) is 0 Å². The molecule has 2 nitrogen and oxygen atoms in total. The first-order valence-electron chi connectivity index (χ1n) is 5.83. The molecule has 90 valence electrons. The Labute approximate surface area is 110 Å². The Bertz CT molecular complexity index is 345. The van der Waals surface area contributed by atoms with E-state index in [0.29, 0.717) is 11.5 Å². The van der Waals surface area contributed by atoms with Crippen LogP contribution in [0.3, 0.4) is 0 Å². The number of hydrogen-bond donors (Lipinski definition) is 2. The first-order valence-corrected chi connectivity index (χ1v) is 7.50. The third kappa shape index (κ3) is 2.67. The predicted molar refractivity (Wildman–Crippen MR) is 73.4 cm³/mol. The minimum atomic E-state index is 0.380. The van der Waals surface area contributed by atoms with Gasteiger partial charge in [0, 0.05) is 20.8 Å². The van der Waals surface area contributed by atoms with E-state index >= 15 is 0 Å². The zero-order chi connectivity index (χ0) is 11.6. The summed E-state index contributed by atoms with van der Waals surface area (Å²) in [7, 11) is 0. The van der Waals surface area contributed by atoms with Gasteiger partial charge in [-0.1, -0.05) is 19.8 Å². The average Bonchev–Trinajstić information content (AvgIpc) is 2.85. The number of hydrazine groups is 1. The highest BCUT2D eigenvalue weighted by Crippen LogP contribution is 2.41. The largest absolute Gasteiger partial charge is 0.271 e. The molecule has 1 unspecified atom stereocenters. The molecule has 0 aliphatic heterocycles. The summed E-state index contributed by atoms with van der Waals surface area (Å²) in [6.45, 7) is 2.37. The third-order valence-electron chi connectivity index (χ3n) is 3.82. The summed E-state index contributed by atoms with van der Waals surface area (Å²) >= 11 is 5.31. The molecular formula is C12H19BrN2S. The zero-order valence-electron chi connectivity index (χ0n) is 9.63. The molecular weight excluding hydrogens is 284 g/mol. The van der Waals surface area contributed by atoms with Crippen LogP contribution < -0.4 is 11.3 Å². The van der Waals surface area contributed by atoms with Gasteiger partial charge in [-0.2, -0.15) is 0 Å². The van der Waals surface area contributed by atoms with Gasteiger partial charge in [0.15, 0.2) is 0 Å². The van der Waals surface area contributed by atoms with E-state index in [2.05, 4.69) is 39.7 Å². The fourth-order valence-electron chi connectivity index (χ4n) is 2.70. The van der Waals surface area contributed by atoms with Gasteiger partial charge < -0.3 is 0 Å². The van der Waals surface area contributed by atoms with Crippen molar-refractivity contribution in [3.05, 3.63) is 20.8 Å². The Morgan fingerprint density at radius 1 is 1.56 bits per heavy atom. The van der Waals surface area contributed by atoms with E-state index < -0.39 is 0 Å². The lowest BCUT2D eigenvalue weighted by molar-refractivity contribution is 0.221. The van der Waals surface area contributed by atoms with Crippen molar-refractivity contribution in [1.82, 2.24) is 5.43 Å². The van der Waals surface area contributed by atoms with E-state index in [1.165, 1.54) is 35.0 Å². The molecule has 16 heavy (non-hydrogen) atoms. The van der Waals surface area contributed by atoms with Crippen molar-refractivity contribution in [1.29, 1.82) is 0 Å². The van der Waals surface area contributed by atoms with Crippen molar-refractivity contribution in [2.45, 2.75) is 45.1 Å². The highest BCUT2D eigenvalue weighted by molar-refractivity contribution is 9.10. The van der Waals surface area contributed by atoms with Crippen LogP contribution in [0.2, 0.25) is 0 Å². The molecule has 0 aromatic carbocycles. The molecule has 1 fully saturated rings. The van der Waals surface area contributed by atoms with Crippen LogP contribution in [0.4, 0.5) is 0 Å². The predicted octanol–water partition coefficient (Wildman–Crippen LogP) is 3.47. The fourth-order valence-corrected chi connectivity index (χ4v) is 4.20. The molecule has 2 rings (SSSR count). The van der Waals surface area contributed by atoms with Gasteiger partial charge in [-0.15, -0.1) is 11.3 Å². The van der Waals surface area contributed by atoms with Gasteiger partial charge in [-0.3, -0.25) is 11.3 Å². The Morgan fingerprint density at radius 2 is 2.25 bits per heavy atom. The fraction of sp³-hybridized carbons (Fsp3) is 0.667. The van der Waals surface area contributed by atoms with Gasteiger partial charge in [-0.25, -0.2) is 0 Å². The Hall–Kier alpha value is 0.1000. The van der Waals surface area contributed by atoms with E-state index in [1.807, 2.05) is 11.3 Å². The quantitative estimate of drug-likeness (QED) is 0.660. The van der Waals surface area contributed by atoms with Gasteiger partial charge >= 0.3 is 0 Å². The van der Waals surface area contributed by atoms with Crippen LogP contribution in [0.1, 0.15) is 37.5 Å². The van der Waals surface area contributed by atoms with Gasteiger partial charge in [-0.05, 0) is 46.7 Å². The molecule has 0 spiro atoms. The molecule has 1 saturated carbocycles. The van der Waals surface area contributed by atoms with Crippen molar-refractivity contribution in [2.24, 2.45) is 11.3 Å². The van der Waals surface area contributed by atoms with E-state index in [-0.39, 0.29) is 0 Å². The summed E-state index contributed by atoms with van der Waals surface area (Å²) in [5, 5.41) is 2.14. The first-order chi connectivity index (χ1) is 7.64. The van der Waals surface area contributed by atoms with Crippen LogP contribution in [-0.4, -0.2) is 6.04 Å². The normalized spacial score (nSPS) is 21.2. The number of hydrogen-bond acceptors (Lipinski definition) is 3. The van der Waals surface area contributed by atoms with Crippen LogP contribution in [0.25, 0.3) is 0 Å². The summed E-state index contributed by atoms with van der Waals surface area (Å²) in [6.07, 6.45) is 6.34. The molecule has 1 atom stereocenters. The second-order valence-electron chi connectivity index (χ2n) is 5.02. The second-order valence-corrected chi connectivity index (χ2v) is 6.93. The summed E-state index contributed by atoms with van der Waals surface area (Å²) in [5.74, 6) is 5.74. The highest BCUT2D eigenvalue weighted by atomic mass is 79.9. The minimum Gasteiger partial charge on any atom is -0.271 e. The van der Waals surface area contributed by atoms with E-state index in [9.17, 15) is 0 Å². The molecule has 0 radical (unpaired) electrons. The number of thiophene rings is 1. The van der Waals surface area contributed by atoms with Crippen molar-refractivity contribution in [3.63, 3.8) is 0 Å². The molecule has 0 saturated heterocycles. The monoisotopic (exact) mass is 302 g/mol. The maximum Gasteiger partial charge on any atom is 0.0312 e. The van der Waals surface area contributed by atoms with Crippen molar-refractivity contribution >= 4 is 27.3 Å². The van der Waals surface area contributed by atoms with E-state index in [1.54, 1.807) is 0 Å². The molecule has 1 heterocycles. The van der Waals surface area contributed by atoms with Crippen LogP contribution in [0, 0.1) is 5.41 Å². The second kappa shape index (κ2) is 5.17. The number of rotatable bonds is 4. The number of halogens is 1. The van der Waals surface area contributed by atoms with Gasteiger partial charge in [0.25, 0.3) is 0 Å². The number of nitrogens with two attached hydrogens (primary N) is 1. The zero-order valence-corrected chi connectivity index (χ0v) is 12.0. The van der Waals surface area contributed by atoms with Crippen molar-refractivity contribution < 1.29 is 0 Å². The lowest BCUT2D eigenvalue weighted by Crippen LogP contribution is -2.47. The molecule has 0 bridgehead atoms. The Kier molecular flexibility index (Phi) is 4.06. The summed E-state index contributed by atoms with van der Waals surface area (Å²) in [5.41, 5.74) is 3.41. The SMILES string of the molecule is CC1(C(Cc2cc(Br)cs2)NN)CCCC1. The van der Waals surface area contributed by atoms with Crippen molar-refractivity contribution in [3.8, 4) is 0 Å². The maximum atomic E-state index is 5.74. The summed E-state index contributed by atoms with van der Waals surface area (Å²) < 4.78 is 1.18.